The highest BCUT2D eigenvalue weighted by Gasteiger charge is 2.11. The summed E-state index contributed by atoms with van der Waals surface area (Å²) >= 11 is 0. The van der Waals surface area contributed by atoms with E-state index in [2.05, 4.69) is 20.5 Å². The van der Waals surface area contributed by atoms with Crippen LogP contribution in [0, 0.1) is 5.82 Å². The van der Waals surface area contributed by atoms with Gasteiger partial charge in [-0.1, -0.05) is 54.6 Å². The van der Waals surface area contributed by atoms with E-state index in [0.29, 0.717) is 22.9 Å². The maximum atomic E-state index is 13.0. The average Bonchev–Trinajstić information content (AvgIpc) is 2.76. The van der Waals surface area contributed by atoms with E-state index in [1.165, 1.54) is 12.1 Å². The molecule has 29 heavy (non-hydrogen) atoms. The van der Waals surface area contributed by atoms with Crippen LogP contribution in [-0.4, -0.2) is 21.3 Å². The highest BCUT2D eigenvalue weighted by Crippen LogP contribution is 2.29. The molecule has 0 fully saturated rings. The van der Waals surface area contributed by atoms with Gasteiger partial charge in [-0.2, -0.15) is 5.10 Å². The van der Waals surface area contributed by atoms with Crippen LogP contribution in [0.4, 0.5) is 10.2 Å². The number of rotatable bonds is 5. The molecule has 4 aromatic rings. The van der Waals surface area contributed by atoms with Gasteiger partial charge in [0.15, 0.2) is 11.6 Å². The van der Waals surface area contributed by atoms with Crippen LogP contribution < -0.4 is 5.43 Å². The molecule has 2 N–H and O–H groups in total. The van der Waals surface area contributed by atoms with E-state index in [1.807, 2.05) is 36.4 Å². The topological polar surface area (TPSA) is 70.4 Å². The summed E-state index contributed by atoms with van der Waals surface area (Å²) in [6.07, 6.45) is 1.57. The van der Waals surface area contributed by atoms with E-state index >= 15 is 0 Å². The van der Waals surface area contributed by atoms with Crippen LogP contribution in [0.25, 0.3) is 22.6 Å². The lowest BCUT2D eigenvalue weighted by atomic mass is 10.1. The van der Waals surface area contributed by atoms with Crippen LogP contribution in [0.5, 0.6) is 5.75 Å². The fourth-order valence-electron chi connectivity index (χ4n) is 2.77. The number of hydrogen-bond donors (Lipinski definition) is 2. The maximum absolute atomic E-state index is 13.0. The highest BCUT2D eigenvalue weighted by atomic mass is 19.1. The molecule has 0 saturated carbocycles. The largest absolute Gasteiger partial charge is 0.507 e. The Hall–Kier alpha value is -4.06. The predicted octanol–water partition coefficient (Wildman–Crippen LogP) is 5.10. The number of para-hydroxylation sites is 1. The van der Waals surface area contributed by atoms with Gasteiger partial charge in [0.25, 0.3) is 0 Å². The summed E-state index contributed by atoms with van der Waals surface area (Å²) in [6.45, 7) is 0. The average molecular weight is 384 g/mol. The fourth-order valence-corrected chi connectivity index (χ4v) is 2.77. The third-order valence-corrected chi connectivity index (χ3v) is 4.20. The van der Waals surface area contributed by atoms with Crippen LogP contribution in [0.3, 0.4) is 0 Å². The number of halogens is 1. The summed E-state index contributed by atoms with van der Waals surface area (Å²) in [5.74, 6) is 0.642. The Balaban J connectivity index is 1.70. The van der Waals surface area contributed by atoms with E-state index in [0.717, 1.165) is 11.1 Å². The van der Waals surface area contributed by atoms with Crippen LogP contribution in [0.15, 0.2) is 90.0 Å². The molecule has 0 radical (unpaired) electrons. The van der Waals surface area contributed by atoms with Crippen molar-refractivity contribution in [3.63, 3.8) is 0 Å². The Labute approximate surface area is 167 Å². The molecule has 0 unspecified atom stereocenters. The van der Waals surface area contributed by atoms with Gasteiger partial charge in [0.1, 0.15) is 11.6 Å². The Bertz CT molecular complexity index is 1150. The monoisotopic (exact) mass is 384 g/mol. The van der Waals surface area contributed by atoms with Gasteiger partial charge in [-0.3, -0.25) is 5.43 Å². The first-order chi connectivity index (χ1) is 14.2. The number of phenolic OH excluding ortho intramolecular Hbond substituents is 1. The first-order valence-corrected chi connectivity index (χ1v) is 8.96. The van der Waals surface area contributed by atoms with Gasteiger partial charge in [0, 0.05) is 11.6 Å². The Morgan fingerprint density at radius 1 is 0.862 bits per heavy atom. The molecular formula is C23H17FN4O. The number of aromatic nitrogens is 2. The molecule has 0 atom stereocenters. The number of nitrogens with one attached hydrogen (secondary N) is 1. The number of benzene rings is 3. The zero-order valence-corrected chi connectivity index (χ0v) is 15.3. The van der Waals surface area contributed by atoms with Gasteiger partial charge >= 0.3 is 0 Å². The third kappa shape index (κ3) is 4.44. The smallest absolute Gasteiger partial charge is 0.165 e. The minimum Gasteiger partial charge on any atom is -0.507 e. The van der Waals surface area contributed by atoms with Crippen LogP contribution >= 0.6 is 0 Å². The van der Waals surface area contributed by atoms with Crippen LogP contribution in [0.2, 0.25) is 0 Å². The summed E-state index contributed by atoms with van der Waals surface area (Å²) < 4.78 is 13.0. The molecule has 142 valence electrons. The van der Waals surface area contributed by atoms with Crippen molar-refractivity contribution in [2.24, 2.45) is 5.10 Å². The number of anilines is 1. The number of hydrogen-bond acceptors (Lipinski definition) is 5. The second-order valence-corrected chi connectivity index (χ2v) is 6.27. The fraction of sp³-hybridized carbons (Fsp3) is 0. The van der Waals surface area contributed by atoms with E-state index in [-0.39, 0.29) is 11.6 Å². The molecule has 1 heterocycles. The normalized spacial score (nSPS) is 10.9. The summed E-state index contributed by atoms with van der Waals surface area (Å²) in [6, 6.07) is 24.4. The lowest BCUT2D eigenvalue weighted by Gasteiger charge is -2.09. The van der Waals surface area contributed by atoms with Crippen molar-refractivity contribution < 1.29 is 9.50 Å². The third-order valence-electron chi connectivity index (χ3n) is 4.20. The Kier molecular flexibility index (Phi) is 5.25. The van der Waals surface area contributed by atoms with Gasteiger partial charge in [0.2, 0.25) is 0 Å². The van der Waals surface area contributed by atoms with Gasteiger partial charge in [-0.15, -0.1) is 0 Å². The van der Waals surface area contributed by atoms with Gasteiger partial charge in [-0.25, -0.2) is 14.4 Å². The van der Waals surface area contributed by atoms with E-state index in [4.69, 9.17) is 0 Å². The van der Waals surface area contributed by atoms with Crippen LogP contribution in [0.1, 0.15) is 5.56 Å². The van der Waals surface area contributed by atoms with Crippen molar-refractivity contribution in [1.29, 1.82) is 0 Å². The second-order valence-electron chi connectivity index (χ2n) is 6.27. The molecule has 6 heteroatoms. The molecule has 1 aromatic heterocycles. The standard InChI is InChI=1S/C23H17FN4O/c24-18-12-10-16(11-13-18)15-25-28-22-14-20(17-6-2-1-3-7-17)26-23(27-22)19-8-4-5-9-21(19)29/h1-15,29H,(H,26,27,28)/b25-15+. The van der Waals surface area contributed by atoms with Crippen molar-refractivity contribution in [2.45, 2.75) is 0 Å². The van der Waals surface area contributed by atoms with Gasteiger partial charge in [-0.05, 0) is 29.8 Å². The summed E-state index contributed by atoms with van der Waals surface area (Å²) in [4.78, 5) is 9.09. The molecule has 0 bridgehead atoms. The Morgan fingerprint density at radius 2 is 1.59 bits per heavy atom. The van der Waals surface area contributed by atoms with E-state index in [1.54, 1.807) is 42.6 Å². The molecule has 4 rings (SSSR count). The van der Waals surface area contributed by atoms with Crippen LogP contribution in [-0.2, 0) is 0 Å². The lowest BCUT2D eigenvalue weighted by molar-refractivity contribution is 0.477. The number of phenols is 1. The number of hydrazone groups is 1. The van der Waals surface area contributed by atoms with Crippen molar-refractivity contribution in [2.75, 3.05) is 5.43 Å². The molecule has 0 aliphatic heterocycles. The molecule has 0 aliphatic rings. The molecule has 0 saturated heterocycles. The molecule has 0 spiro atoms. The summed E-state index contributed by atoms with van der Waals surface area (Å²) in [7, 11) is 0. The Morgan fingerprint density at radius 3 is 2.34 bits per heavy atom. The minimum atomic E-state index is -0.300. The summed E-state index contributed by atoms with van der Waals surface area (Å²) in [5, 5.41) is 14.4. The maximum Gasteiger partial charge on any atom is 0.165 e. The molecular weight excluding hydrogens is 367 g/mol. The predicted molar refractivity (Wildman–Crippen MR) is 112 cm³/mol. The number of aromatic hydroxyl groups is 1. The minimum absolute atomic E-state index is 0.0958. The summed E-state index contributed by atoms with van der Waals surface area (Å²) in [5.41, 5.74) is 5.77. The molecule has 5 nitrogen and oxygen atoms in total. The molecule has 0 amide bonds. The van der Waals surface area contributed by atoms with Crippen molar-refractivity contribution in [3.05, 3.63) is 96.3 Å². The second kappa shape index (κ2) is 8.31. The van der Waals surface area contributed by atoms with E-state index < -0.39 is 0 Å². The van der Waals surface area contributed by atoms with Crippen molar-refractivity contribution in [1.82, 2.24) is 9.97 Å². The quantitative estimate of drug-likeness (QED) is 0.371. The molecule has 0 aliphatic carbocycles. The van der Waals surface area contributed by atoms with E-state index in [9.17, 15) is 9.50 Å². The molecule has 3 aromatic carbocycles. The van der Waals surface area contributed by atoms with Gasteiger partial charge < -0.3 is 5.11 Å². The zero-order chi connectivity index (χ0) is 20.1. The van der Waals surface area contributed by atoms with Crippen molar-refractivity contribution >= 4 is 12.0 Å². The van der Waals surface area contributed by atoms with Gasteiger partial charge in [0.05, 0.1) is 17.5 Å². The first kappa shape index (κ1) is 18.3. The highest BCUT2D eigenvalue weighted by molar-refractivity contribution is 5.80. The zero-order valence-electron chi connectivity index (χ0n) is 15.3. The SMILES string of the molecule is Oc1ccccc1-c1nc(N/N=C/c2ccc(F)cc2)cc(-c2ccccc2)n1. The lowest BCUT2D eigenvalue weighted by Crippen LogP contribution is -1.99. The first-order valence-electron chi connectivity index (χ1n) is 8.96. The van der Waals surface area contributed by atoms with Crippen molar-refractivity contribution in [3.8, 4) is 28.4 Å². The number of nitrogens with zero attached hydrogens (tertiary/aromatic N) is 3.